The van der Waals surface area contributed by atoms with Crippen molar-refractivity contribution in [2.45, 2.75) is 23.8 Å². The molecule has 7 nitrogen and oxygen atoms in total. The zero-order valence-electron chi connectivity index (χ0n) is 15.3. The van der Waals surface area contributed by atoms with E-state index in [0.717, 1.165) is 16.8 Å². The SMILES string of the molecule is Cc1ccc(C)c(NC(=S)NC(NC(=O)c2ccc([N+](=O)[O-])cc2)C(Cl)(Cl)Cl)c1. The first kappa shape index (κ1) is 23.2. The summed E-state index contributed by atoms with van der Waals surface area (Å²) in [6.45, 7) is 3.85. The number of nitro benzene ring substituents is 1. The number of hydrogen-bond donors (Lipinski definition) is 3. The van der Waals surface area contributed by atoms with Crippen LogP contribution < -0.4 is 16.0 Å². The summed E-state index contributed by atoms with van der Waals surface area (Å²) in [4.78, 5) is 22.6. The molecule has 0 bridgehead atoms. The van der Waals surface area contributed by atoms with Crippen molar-refractivity contribution < 1.29 is 9.72 Å². The van der Waals surface area contributed by atoms with E-state index in [9.17, 15) is 14.9 Å². The number of rotatable bonds is 5. The number of non-ortho nitro benzene ring substituents is 1. The minimum atomic E-state index is -1.93. The number of nitrogens with one attached hydrogen (secondary N) is 3. The van der Waals surface area contributed by atoms with Crippen molar-refractivity contribution in [1.29, 1.82) is 0 Å². The molecule has 11 heteroatoms. The predicted molar refractivity (Wildman–Crippen MR) is 120 cm³/mol. The fourth-order valence-corrected chi connectivity index (χ4v) is 2.86. The van der Waals surface area contributed by atoms with E-state index < -0.39 is 20.8 Å². The minimum absolute atomic E-state index is 0.138. The molecule has 2 aromatic rings. The Hall–Kier alpha value is -2.13. The van der Waals surface area contributed by atoms with E-state index in [2.05, 4.69) is 16.0 Å². The third-order valence-electron chi connectivity index (χ3n) is 3.86. The number of amides is 1. The molecule has 0 aliphatic carbocycles. The van der Waals surface area contributed by atoms with Crippen LogP contribution in [0, 0.1) is 24.0 Å². The second kappa shape index (κ2) is 9.58. The van der Waals surface area contributed by atoms with Gasteiger partial charge in [-0.3, -0.25) is 14.9 Å². The topological polar surface area (TPSA) is 96.3 Å². The van der Waals surface area contributed by atoms with Gasteiger partial charge in [-0.05, 0) is 55.4 Å². The lowest BCUT2D eigenvalue weighted by atomic mass is 10.1. The van der Waals surface area contributed by atoms with Crippen LogP contribution in [0.4, 0.5) is 11.4 Å². The smallest absolute Gasteiger partial charge is 0.269 e. The van der Waals surface area contributed by atoms with Gasteiger partial charge in [0, 0.05) is 23.4 Å². The van der Waals surface area contributed by atoms with Gasteiger partial charge in [-0.2, -0.15) is 0 Å². The van der Waals surface area contributed by atoms with Crippen LogP contribution in [-0.2, 0) is 0 Å². The highest BCUT2D eigenvalue weighted by atomic mass is 35.6. The van der Waals surface area contributed by atoms with E-state index in [0.29, 0.717) is 0 Å². The Bertz CT molecular complexity index is 933. The van der Waals surface area contributed by atoms with Gasteiger partial charge in [-0.25, -0.2) is 0 Å². The molecule has 29 heavy (non-hydrogen) atoms. The van der Waals surface area contributed by atoms with Crippen LogP contribution in [0.1, 0.15) is 21.5 Å². The molecule has 1 atom stereocenters. The lowest BCUT2D eigenvalue weighted by Crippen LogP contribution is -2.56. The van der Waals surface area contributed by atoms with Crippen molar-refractivity contribution in [2.75, 3.05) is 5.32 Å². The van der Waals surface area contributed by atoms with Gasteiger partial charge >= 0.3 is 0 Å². The quantitative estimate of drug-likeness (QED) is 0.192. The van der Waals surface area contributed by atoms with Crippen LogP contribution in [0.5, 0.6) is 0 Å². The molecule has 0 aliphatic rings. The molecular weight excluding hydrogens is 459 g/mol. The standard InChI is InChI=1S/C18H17Cl3N4O3S/c1-10-3-4-11(2)14(9-10)22-17(29)24-16(18(19,20)21)23-15(26)12-5-7-13(8-6-12)25(27)28/h3-9,16H,1-2H3,(H,23,26)(H2,22,24,29). The van der Waals surface area contributed by atoms with Gasteiger partial charge in [0.2, 0.25) is 3.79 Å². The van der Waals surface area contributed by atoms with E-state index in [1.165, 1.54) is 24.3 Å². The molecule has 0 fully saturated rings. The van der Waals surface area contributed by atoms with Crippen LogP contribution in [0.15, 0.2) is 42.5 Å². The highest BCUT2D eigenvalue weighted by Gasteiger charge is 2.35. The van der Waals surface area contributed by atoms with Gasteiger partial charge in [-0.15, -0.1) is 0 Å². The molecule has 2 aromatic carbocycles. The molecule has 2 rings (SSSR count). The maximum atomic E-state index is 12.5. The Morgan fingerprint density at radius 3 is 2.28 bits per heavy atom. The maximum Gasteiger partial charge on any atom is 0.269 e. The molecule has 1 unspecified atom stereocenters. The van der Waals surface area contributed by atoms with Gasteiger partial charge in [0.25, 0.3) is 11.6 Å². The molecule has 0 heterocycles. The van der Waals surface area contributed by atoms with Crippen molar-refractivity contribution in [1.82, 2.24) is 10.6 Å². The molecule has 0 saturated heterocycles. The number of hydrogen-bond acceptors (Lipinski definition) is 4. The number of nitro groups is 1. The molecule has 154 valence electrons. The van der Waals surface area contributed by atoms with Crippen molar-refractivity contribution in [3.8, 4) is 0 Å². The number of benzene rings is 2. The van der Waals surface area contributed by atoms with Gasteiger partial charge in [0.15, 0.2) is 5.11 Å². The Morgan fingerprint density at radius 2 is 1.72 bits per heavy atom. The molecule has 3 N–H and O–H groups in total. The van der Waals surface area contributed by atoms with Crippen molar-refractivity contribution in [3.05, 3.63) is 69.3 Å². The monoisotopic (exact) mass is 474 g/mol. The van der Waals surface area contributed by atoms with E-state index in [1.54, 1.807) is 0 Å². The molecule has 0 saturated carbocycles. The average Bonchev–Trinajstić information content (AvgIpc) is 2.63. The average molecular weight is 476 g/mol. The summed E-state index contributed by atoms with van der Waals surface area (Å²) in [6.07, 6.45) is -1.17. The van der Waals surface area contributed by atoms with Crippen LogP contribution in [0.3, 0.4) is 0 Å². The number of alkyl halides is 3. The first-order valence-electron chi connectivity index (χ1n) is 8.24. The maximum absolute atomic E-state index is 12.5. The third-order valence-corrected chi connectivity index (χ3v) is 4.73. The number of anilines is 1. The van der Waals surface area contributed by atoms with E-state index in [-0.39, 0.29) is 16.4 Å². The number of aryl methyl sites for hydroxylation is 2. The fraction of sp³-hybridized carbons (Fsp3) is 0.222. The molecule has 0 aliphatic heterocycles. The lowest BCUT2D eigenvalue weighted by molar-refractivity contribution is -0.384. The van der Waals surface area contributed by atoms with Crippen molar-refractivity contribution in [3.63, 3.8) is 0 Å². The van der Waals surface area contributed by atoms with Gasteiger partial charge in [0.1, 0.15) is 6.17 Å². The van der Waals surface area contributed by atoms with Crippen LogP contribution >= 0.6 is 47.0 Å². The number of thiocarbonyl (C=S) groups is 1. The molecule has 0 spiro atoms. The Balaban J connectivity index is 2.11. The first-order chi connectivity index (χ1) is 13.5. The molecular formula is C18H17Cl3N4O3S. The zero-order chi connectivity index (χ0) is 21.8. The van der Waals surface area contributed by atoms with Gasteiger partial charge in [-0.1, -0.05) is 46.9 Å². The Labute approximate surface area is 187 Å². The summed E-state index contributed by atoms with van der Waals surface area (Å²) in [5.74, 6) is -0.599. The fourth-order valence-electron chi connectivity index (χ4n) is 2.31. The van der Waals surface area contributed by atoms with Crippen LogP contribution in [0.25, 0.3) is 0 Å². The van der Waals surface area contributed by atoms with Crippen molar-refractivity contribution in [2.24, 2.45) is 0 Å². The predicted octanol–water partition coefficient (Wildman–Crippen LogP) is 4.62. The third kappa shape index (κ3) is 6.71. The summed E-state index contributed by atoms with van der Waals surface area (Å²) in [5.41, 5.74) is 2.78. The van der Waals surface area contributed by atoms with Crippen molar-refractivity contribution >= 4 is 69.4 Å². The number of carbonyl (C=O) groups excluding carboxylic acids is 1. The molecule has 0 aromatic heterocycles. The summed E-state index contributed by atoms with van der Waals surface area (Å²) in [7, 11) is 0. The normalized spacial score (nSPS) is 12.0. The van der Waals surface area contributed by atoms with Gasteiger partial charge < -0.3 is 16.0 Å². The highest BCUT2D eigenvalue weighted by Crippen LogP contribution is 2.29. The van der Waals surface area contributed by atoms with E-state index in [1.807, 2.05) is 32.0 Å². The largest absolute Gasteiger partial charge is 0.339 e. The van der Waals surface area contributed by atoms with Crippen LogP contribution in [0.2, 0.25) is 0 Å². The minimum Gasteiger partial charge on any atom is -0.339 e. The highest BCUT2D eigenvalue weighted by molar-refractivity contribution is 7.80. The summed E-state index contributed by atoms with van der Waals surface area (Å²) in [5, 5.41) is 19.2. The second-order valence-electron chi connectivity index (χ2n) is 6.17. The Kier molecular flexibility index (Phi) is 7.65. The summed E-state index contributed by atoms with van der Waals surface area (Å²) in [6, 6.07) is 10.8. The number of halogens is 3. The zero-order valence-corrected chi connectivity index (χ0v) is 18.4. The number of carbonyl (C=O) groups is 1. The molecule has 0 radical (unpaired) electrons. The molecule has 1 amide bonds. The van der Waals surface area contributed by atoms with Crippen LogP contribution in [-0.4, -0.2) is 25.9 Å². The second-order valence-corrected chi connectivity index (χ2v) is 8.95. The Morgan fingerprint density at radius 1 is 1.10 bits per heavy atom. The van der Waals surface area contributed by atoms with E-state index >= 15 is 0 Å². The first-order valence-corrected chi connectivity index (χ1v) is 9.78. The summed E-state index contributed by atoms with van der Waals surface area (Å²) >= 11 is 23.2. The number of nitrogens with zero attached hydrogens (tertiary/aromatic N) is 1. The van der Waals surface area contributed by atoms with E-state index in [4.69, 9.17) is 47.0 Å². The lowest BCUT2D eigenvalue weighted by Gasteiger charge is -2.28. The summed E-state index contributed by atoms with van der Waals surface area (Å²) < 4.78 is -1.93. The van der Waals surface area contributed by atoms with Gasteiger partial charge in [0.05, 0.1) is 4.92 Å².